The number of oxime groups is 1. The van der Waals surface area contributed by atoms with Crippen molar-refractivity contribution in [1.29, 1.82) is 0 Å². The molecule has 0 aliphatic carbocycles. The fraction of sp³-hybridized carbons (Fsp3) is 0.588. The molecule has 10 atom stereocenters. The first-order valence-electron chi connectivity index (χ1n) is 17.1. The third-order valence-electron chi connectivity index (χ3n) is 7.60. The molecule has 2 saturated heterocycles. The number of rotatable bonds is 15. The van der Waals surface area contributed by atoms with Crippen molar-refractivity contribution in [3.8, 4) is 5.75 Å². The Balaban J connectivity index is 0.0000120. The van der Waals surface area contributed by atoms with E-state index in [1.54, 1.807) is 0 Å². The van der Waals surface area contributed by atoms with Crippen LogP contribution in [0.25, 0.3) is 0 Å². The molecule has 322 valence electrons. The van der Waals surface area contributed by atoms with Crippen LogP contribution in [0.4, 0.5) is 0 Å². The Morgan fingerprint density at radius 1 is 0.661 bits per heavy atom. The molecule has 22 nitrogen and oxygen atoms in total. The van der Waals surface area contributed by atoms with Crippen molar-refractivity contribution in [1.82, 2.24) is 0 Å². The van der Waals surface area contributed by atoms with Crippen LogP contribution >= 0.6 is 11.8 Å². The molecule has 0 spiro atoms. The van der Waals surface area contributed by atoms with Crippen molar-refractivity contribution in [2.24, 2.45) is 5.16 Å². The van der Waals surface area contributed by atoms with Gasteiger partial charge in [0.25, 0.3) is 10.4 Å². The number of ether oxygens (including phenoxy) is 10. The first-order chi connectivity index (χ1) is 27.0. The number of nitrogens with zero attached hydrogens (tertiary/aromatic N) is 1. The largest absolute Gasteiger partial charge is 1.00 e. The van der Waals surface area contributed by atoms with Gasteiger partial charge in [0.2, 0.25) is 12.4 Å². The maximum absolute atomic E-state index is 12.3. The van der Waals surface area contributed by atoms with Crippen LogP contribution in [0.1, 0.15) is 61.0 Å². The Morgan fingerprint density at radius 3 is 1.61 bits per heavy atom. The zero-order chi connectivity index (χ0) is 43.5. The van der Waals surface area contributed by atoms with Gasteiger partial charge in [-0.25, -0.2) is 0 Å². The number of carbonyl (C=O) groups is 7. The fourth-order valence-corrected chi connectivity index (χ4v) is 7.03. The molecule has 25 heteroatoms. The van der Waals surface area contributed by atoms with E-state index in [4.69, 9.17) is 47.4 Å². The van der Waals surface area contributed by atoms with Gasteiger partial charge < -0.3 is 51.9 Å². The van der Waals surface area contributed by atoms with Crippen LogP contribution in [0, 0.1) is 0 Å². The van der Waals surface area contributed by atoms with E-state index in [1.165, 1.54) is 31.2 Å². The van der Waals surface area contributed by atoms with E-state index in [0.717, 1.165) is 48.5 Å². The summed E-state index contributed by atoms with van der Waals surface area (Å²) in [4.78, 5) is 84.2. The molecule has 2 heterocycles. The Bertz CT molecular complexity index is 1830. The van der Waals surface area contributed by atoms with Crippen molar-refractivity contribution >= 4 is 69.0 Å². The Hall–Kier alpha value is -3.40. The number of hydrogen-bond acceptors (Lipinski definition) is 23. The van der Waals surface area contributed by atoms with Crippen molar-refractivity contribution < 1.29 is 150 Å². The number of hydrogen-bond donors (Lipinski definition) is 0. The Kier molecular flexibility index (Phi) is 20.7. The molecule has 0 aromatic heterocycles. The van der Waals surface area contributed by atoms with E-state index in [9.17, 15) is 46.5 Å². The van der Waals surface area contributed by atoms with E-state index >= 15 is 0 Å². The third-order valence-corrected chi connectivity index (χ3v) is 8.95. The average Bonchev–Trinajstić information content (AvgIpc) is 3.08. The van der Waals surface area contributed by atoms with Gasteiger partial charge in [0.15, 0.2) is 30.5 Å². The smallest absolute Gasteiger partial charge is 0.714 e. The van der Waals surface area contributed by atoms with E-state index in [0.29, 0.717) is 17.3 Å². The van der Waals surface area contributed by atoms with Crippen molar-refractivity contribution in [3.63, 3.8) is 0 Å². The first-order valence-corrected chi connectivity index (χ1v) is 19.3. The summed E-state index contributed by atoms with van der Waals surface area (Å²) in [6, 6.07) is 5.75. The molecule has 0 N–H and O–H groups in total. The van der Waals surface area contributed by atoms with Crippen LogP contribution < -0.4 is 56.1 Å². The standard InChI is InChI=1S/C34H43NO21S2.K/c1-15-27(48-17(3)37)29(50-19(5)39)31(52-21(7)41)33(47-15)54-24-11-9-23(10-12-24)13-26(35-56-58(43,44)45)57-34-32(53-22(8)42)30(51-20(6)40)28(49-18(4)38)25(55-34)14-46-16(2)36;/h9-12,15,25,27-34H,13-14H2,1-8H3,(H,43,44,45);/q;+1/p-1/b35-26-;/t15-,25+,27-,28+,29+,30-,31+,32+,33-,34-;/m0./s1. The van der Waals surface area contributed by atoms with Gasteiger partial charge in [0.05, 0.1) is 6.10 Å². The molecule has 0 amide bonds. The van der Waals surface area contributed by atoms with Crippen molar-refractivity contribution in [2.75, 3.05) is 6.61 Å². The van der Waals surface area contributed by atoms with Gasteiger partial charge in [0.1, 0.15) is 28.9 Å². The van der Waals surface area contributed by atoms with Gasteiger partial charge >= 0.3 is 93.2 Å². The Labute approximate surface area is 385 Å². The summed E-state index contributed by atoms with van der Waals surface area (Å²) in [5.41, 5.74) is -1.11. The minimum atomic E-state index is -5.42. The number of esters is 7. The zero-order valence-corrected chi connectivity index (χ0v) is 38.1. The summed E-state index contributed by atoms with van der Waals surface area (Å²) in [7, 11) is -5.42. The maximum atomic E-state index is 12.3. The van der Waals surface area contributed by atoms with Crippen LogP contribution in [-0.4, -0.2) is 127 Å². The Morgan fingerprint density at radius 2 is 1.12 bits per heavy atom. The predicted molar refractivity (Wildman–Crippen MR) is 190 cm³/mol. The predicted octanol–water partition coefficient (Wildman–Crippen LogP) is -2.24. The average molecular weight is 904 g/mol. The van der Waals surface area contributed by atoms with Crippen LogP contribution in [0.3, 0.4) is 0 Å². The van der Waals surface area contributed by atoms with Gasteiger partial charge in [-0.1, -0.05) is 29.1 Å². The molecule has 3 rings (SSSR count). The molecule has 2 aliphatic heterocycles. The zero-order valence-electron chi connectivity index (χ0n) is 33.3. The second kappa shape index (κ2) is 23.6. The summed E-state index contributed by atoms with van der Waals surface area (Å²) in [5, 5.41) is 3.19. The van der Waals surface area contributed by atoms with Gasteiger partial charge in [-0.15, -0.1) is 0 Å². The molecule has 1 aromatic carbocycles. The third kappa shape index (κ3) is 17.2. The molecule has 0 unspecified atom stereocenters. The molecule has 0 radical (unpaired) electrons. The number of carbonyl (C=O) groups excluding carboxylic acids is 7. The fourth-order valence-electron chi connectivity index (χ4n) is 5.66. The number of benzene rings is 1. The van der Waals surface area contributed by atoms with Gasteiger partial charge in [0, 0.05) is 54.9 Å². The second-order valence-corrected chi connectivity index (χ2v) is 14.7. The molecular weight excluding hydrogens is 862 g/mol. The van der Waals surface area contributed by atoms with E-state index in [1.807, 2.05) is 0 Å². The van der Waals surface area contributed by atoms with Gasteiger partial charge in [-0.2, -0.15) is 8.42 Å². The quantitative estimate of drug-likeness (QED) is 0.0263. The molecule has 1 aromatic rings. The summed E-state index contributed by atoms with van der Waals surface area (Å²) in [6.45, 7) is 8.47. The monoisotopic (exact) mass is 903 g/mol. The normalized spacial score (nSPS) is 26.7. The molecule has 0 bridgehead atoms. The molecule has 2 aliphatic rings. The van der Waals surface area contributed by atoms with E-state index in [2.05, 4.69) is 9.44 Å². The molecule has 0 saturated carbocycles. The minimum Gasteiger partial charge on any atom is -0.714 e. The van der Waals surface area contributed by atoms with Crippen LogP contribution in [0.15, 0.2) is 29.4 Å². The summed E-state index contributed by atoms with van der Waals surface area (Å²) < 4.78 is 93.8. The summed E-state index contributed by atoms with van der Waals surface area (Å²) >= 11 is 0.562. The minimum absolute atomic E-state index is 0. The first kappa shape index (κ1) is 51.7. The van der Waals surface area contributed by atoms with Crippen LogP contribution in [0.5, 0.6) is 5.75 Å². The molecule has 2 fully saturated rings. The van der Waals surface area contributed by atoms with E-state index in [-0.39, 0.29) is 68.6 Å². The van der Waals surface area contributed by atoms with Gasteiger partial charge in [-0.3, -0.25) is 37.8 Å². The SMILES string of the molecule is CC(=O)OC[C@H]1O[C@@H](S/C(Cc2ccc(O[C@@H]3O[C@@H](C)[C@H](OC(C)=O)[C@@H](OC(C)=O)[C@H]3OC(C)=O)cc2)=N\OS(=O)(=O)[O-])[C@H](OC(C)=O)[C@@H](OC(C)=O)[C@@H]1OC(C)=O.[K+]. The molecule has 59 heavy (non-hydrogen) atoms. The van der Waals surface area contributed by atoms with E-state index < -0.39 is 119 Å². The van der Waals surface area contributed by atoms with Crippen molar-refractivity contribution in [3.05, 3.63) is 29.8 Å². The molecular formula is C34H42KNO21S2. The summed E-state index contributed by atoms with van der Waals surface area (Å²) in [5.74, 6) is -5.61. The van der Waals surface area contributed by atoms with Crippen LogP contribution in [-0.2, 0) is 97.3 Å². The van der Waals surface area contributed by atoms with Crippen LogP contribution in [0.2, 0.25) is 0 Å². The van der Waals surface area contributed by atoms with Gasteiger partial charge in [-0.05, 0) is 24.6 Å². The summed E-state index contributed by atoms with van der Waals surface area (Å²) in [6.07, 6.45) is -12.5. The maximum Gasteiger partial charge on any atom is 1.00 e. The van der Waals surface area contributed by atoms with Crippen molar-refractivity contribution in [2.45, 2.75) is 122 Å². The topological polar surface area (TPSA) is 291 Å². The number of thioether (sulfide) groups is 1. The second-order valence-electron chi connectivity index (χ2n) is 12.5.